The van der Waals surface area contributed by atoms with E-state index in [2.05, 4.69) is 15.5 Å². The van der Waals surface area contributed by atoms with Crippen LogP contribution < -0.4 is 10.6 Å². The maximum absolute atomic E-state index is 12.2. The average molecular weight is 337 g/mol. The Morgan fingerprint density at radius 1 is 1.09 bits per heavy atom. The molecule has 0 atom stereocenters. The number of benzene rings is 1. The molecule has 3 rings (SSSR count). The predicted octanol–water partition coefficient (Wildman–Crippen LogP) is 1.77. The fourth-order valence-corrected chi connectivity index (χ4v) is 2.67. The number of carbonyl (C=O) groups excluding carboxylic acids is 2. The SMILES string of the molecule is O=C(CN1CCN(C(=O)Nc2ccc(Cl)cc2)CC1)NC1CC1. The molecule has 0 aromatic heterocycles. The summed E-state index contributed by atoms with van der Waals surface area (Å²) in [4.78, 5) is 27.9. The van der Waals surface area contributed by atoms with Crippen molar-refractivity contribution in [2.45, 2.75) is 18.9 Å². The Morgan fingerprint density at radius 3 is 2.35 bits per heavy atom. The second-order valence-corrected chi connectivity index (χ2v) is 6.48. The van der Waals surface area contributed by atoms with Crippen molar-refractivity contribution < 1.29 is 9.59 Å². The van der Waals surface area contributed by atoms with Crippen LogP contribution in [0.5, 0.6) is 0 Å². The molecular weight excluding hydrogens is 316 g/mol. The molecule has 124 valence electrons. The van der Waals surface area contributed by atoms with Gasteiger partial charge in [-0.25, -0.2) is 4.79 Å². The number of hydrogen-bond donors (Lipinski definition) is 2. The number of anilines is 1. The molecule has 0 radical (unpaired) electrons. The third-order valence-corrected chi connectivity index (χ3v) is 4.32. The van der Waals surface area contributed by atoms with Crippen molar-refractivity contribution in [3.05, 3.63) is 29.3 Å². The summed E-state index contributed by atoms with van der Waals surface area (Å²) in [6, 6.07) is 7.32. The maximum atomic E-state index is 12.2. The summed E-state index contributed by atoms with van der Waals surface area (Å²) in [7, 11) is 0. The van der Waals surface area contributed by atoms with E-state index < -0.39 is 0 Å². The zero-order chi connectivity index (χ0) is 16.2. The lowest BCUT2D eigenvalue weighted by Gasteiger charge is -2.34. The Labute approximate surface area is 140 Å². The summed E-state index contributed by atoms with van der Waals surface area (Å²) in [5.41, 5.74) is 0.727. The molecular formula is C16H21ClN4O2. The molecule has 1 saturated carbocycles. The van der Waals surface area contributed by atoms with Crippen LogP contribution in [-0.2, 0) is 4.79 Å². The summed E-state index contributed by atoms with van der Waals surface area (Å²) in [5.74, 6) is 0.0894. The predicted molar refractivity (Wildman–Crippen MR) is 89.6 cm³/mol. The quantitative estimate of drug-likeness (QED) is 0.880. The molecule has 2 N–H and O–H groups in total. The summed E-state index contributed by atoms with van der Waals surface area (Å²) < 4.78 is 0. The zero-order valence-electron chi connectivity index (χ0n) is 12.9. The second kappa shape index (κ2) is 7.19. The first-order valence-corrected chi connectivity index (χ1v) is 8.31. The minimum absolute atomic E-state index is 0.0894. The molecule has 1 aromatic rings. The number of nitrogens with zero attached hydrogens (tertiary/aromatic N) is 2. The lowest BCUT2D eigenvalue weighted by Crippen LogP contribution is -2.52. The Bertz CT molecular complexity index is 566. The lowest BCUT2D eigenvalue weighted by atomic mass is 10.3. The number of urea groups is 1. The lowest BCUT2D eigenvalue weighted by molar-refractivity contribution is -0.122. The van der Waals surface area contributed by atoms with Gasteiger partial charge in [-0.2, -0.15) is 0 Å². The minimum Gasteiger partial charge on any atom is -0.352 e. The number of nitrogens with one attached hydrogen (secondary N) is 2. The Kier molecular flexibility index (Phi) is 5.03. The van der Waals surface area contributed by atoms with Gasteiger partial charge >= 0.3 is 6.03 Å². The van der Waals surface area contributed by atoms with E-state index in [0.29, 0.717) is 43.8 Å². The van der Waals surface area contributed by atoms with Crippen molar-refractivity contribution in [2.75, 3.05) is 38.0 Å². The van der Waals surface area contributed by atoms with E-state index in [9.17, 15) is 9.59 Å². The monoisotopic (exact) mass is 336 g/mol. The van der Waals surface area contributed by atoms with Gasteiger partial charge in [0.2, 0.25) is 5.91 Å². The van der Waals surface area contributed by atoms with E-state index in [1.54, 1.807) is 29.2 Å². The first-order valence-electron chi connectivity index (χ1n) is 7.93. The highest BCUT2D eigenvalue weighted by atomic mass is 35.5. The summed E-state index contributed by atoms with van der Waals surface area (Å²) >= 11 is 5.83. The van der Waals surface area contributed by atoms with Crippen LogP contribution in [0.25, 0.3) is 0 Å². The number of halogens is 1. The molecule has 1 saturated heterocycles. The first-order chi connectivity index (χ1) is 11.1. The third-order valence-electron chi connectivity index (χ3n) is 4.06. The van der Waals surface area contributed by atoms with Crippen LogP contribution in [0, 0.1) is 0 Å². The van der Waals surface area contributed by atoms with E-state index in [0.717, 1.165) is 18.5 Å². The van der Waals surface area contributed by atoms with Crippen LogP contribution in [0.3, 0.4) is 0 Å². The summed E-state index contributed by atoms with van der Waals surface area (Å²) in [5, 5.41) is 6.49. The highest BCUT2D eigenvalue weighted by Crippen LogP contribution is 2.18. The number of hydrogen-bond acceptors (Lipinski definition) is 3. The second-order valence-electron chi connectivity index (χ2n) is 6.04. The van der Waals surface area contributed by atoms with Gasteiger partial charge in [-0.1, -0.05) is 11.6 Å². The van der Waals surface area contributed by atoms with Crippen LogP contribution >= 0.6 is 11.6 Å². The Morgan fingerprint density at radius 2 is 1.74 bits per heavy atom. The van der Waals surface area contributed by atoms with E-state index in [1.807, 2.05) is 0 Å². The van der Waals surface area contributed by atoms with Crippen molar-refractivity contribution in [3.8, 4) is 0 Å². The van der Waals surface area contributed by atoms with Crippen molar-refractivity contribution in [1.82, 2.24) is 15.1 Å². The van der Waals surface area contributed by atoms with Crippen LogP contribution in [0.4, 0.5) is 10.5 Å². The molecule has 3 amide bonds. The molecule has 2 aliphatic rings. The summed E-state index contributed by atoms with van der Waals surface area (Å²) in [6.45, 7) is 3.09. The van der Waals surface area contributed by atoms with Gasteiger partial charge in [-0.3, -0.25) is 9.69 Å². The van der Waals surface area contributed by atoms with Gasteiger partial charge in [0.25, 0.3) is 0 Å². The minimum atomic E-state index is -0.116. The Hall–Kier alpha value is -1.79. The fraction of sp³-hybridized carbons (Fsp3) is 0.500. The van der Waals surface area contributed by atoms with Gasteiger partial charge in [-0.05, 0) is 37.1 Å². The first kappa shape index (κ1) is 16.1. The molecule has 1 heterocycles. The van der Waals surface area contributed by atoms with Gasteiger partial charge < -0.3 is 15.5 Å². The molecule has 1 aliphatic heterocycles. The Balaban J connectivity index is 1.41. The van der Waals surface area contributed by atoms with Crippen LogP contribution in [0.1, 0.15) is 12.8 Å². The topological polar surface area (TPSA) is 64.7 Å². The molecule has 23 heavy (non-hydrogen) atoms. The molecule has 6 nitrogen and oxygen atoms in total. The van der Waals surface area contributed by atoms with Crippen molar-refractivity contribution >= 4 is 29.2 Å². The van der Waals surface area contributed by atoms with Crippen molar-refractivity contribution in [1.29, 1.82) is 0 Å². The maximum Gasteiger partial charge on any atom is 0.321 e. The normalized spacial score (nSPS) is 18.6. The van der Waals surface area contributed by atoms with E-state index in [-0.39, 0.29) is 11.9 Å². The van der Waals surface area contributed by atoms with Gasteiger partial charge in [-0.15, -0.1) is 0 Å². The molecule has 0 bridgehead atoms. The molecule has 7 heteroatoms. The average Bonchev–Trinajstić information content (AvgIpc) is 3.34. The highest BCUT2D eigenvalue weighted by molar-refractivity contribution is 6.30. The van der Waals surface area contributed by atoms with Crippen LogP contribution in [-0.4, -0.2) is 60.5 Å². The number of piperazine rings is 1. The molecule has 1 aromatic carbocycles. The van der Waals surface area contributed by atoms with Gasteiger partial charge in [0, 0.05) is 42.9 Å². The largest absolute Gasteiger partial charge is 0.352 e. The number of amides is 3. The fourth-order valence-electron chi connectivity index (χ4n) is 2.55. The standard InChI is InChI=1S/C16H21ClN4O2/c17-12-1-3-14(4-2-12)19-16(23)21-9-7-20(8-10-21)11-15(22)18-13-5-6-13/h1-4,13H,5-11H2,(H,18,22)(H,19,23). The van der Waals surface area contributed by atoms with Crippen molar-refractivity contribution in [3.63, 3.8) is 0 Å². The van der Waals surface area contributed by atoms with Gasteiger partial charge in [0.15, 0.2) is 0 Å². The third kappa shape index (κ3) is 4.84. The van der Waals surface area contributed by atoms with Crippen molar-refractivity contribution in [2.24, 2.45) is 0 Å². The molecule has 1 aliphatic carbocycles. The van der Waals surface area contributed by atoms with E-state index in [4.69, 9.17) is 11.6 Å². The van der Waals surface area contributed by atoms with E-state index in [1.165, 1.54) is 0 Å². The number of carbonyl (C=O) groups is 2. The zero-order valence-corrected chi connectivity index (χ0v) is 13.7. The molecule has 0 spiro atoms. The number of rotatable bonds is 4. The highest BCUT2D eigenvalue weighted by Gasteiger charge is 2.26. The molecule has 2 fully saturated rings. The molecule has 0 unspecified atom stereocenters. The van der Waals surface area contributed by atoms with Gasteiger partial charge in [0.1, 0.15) is 0 Å². The summed E-state index contributed by atoms with van der Waals surface area (Å²) in [6.07, 6.45) is 2.20. The van der Waals surface area contributed by atoms with E-state index >= 15 is 0 Å². The smallest absolute Gasteiger partial charge is 0.321 e. The van der Waals surface area contributed by atoms with Crippen LogP contribution in [0.2, 0.25) is 5.02 Å². The van der Waals surface area contributed by atoms with Crippen LogP contribution in [0.15, 0.2) is 24.3 Å². The van der Waals surface area contributed by atoms with Gasteiger partial charge in [0.05, 0.1) is 6.54 Å².